The van der Waals surface area contributed by atoms with Gasteiger partial charge in [-0.15, -0.1) is 0 Å². The minimum atomic E-state index is 0.789. The van der Waals surface area contributed by atoms with E-state index in [1.807, 2.05) is 0 Å². The van der Waals surface area contributed by atoms with E-state index in [0.29, 0.717) is 0 Å². The van der Waals surface area contributed by atoms with Crippen LogP contribution in [0.25, 0.3) is 0 Å². The van der Waals surface area contributed by atoms with Crippen molar-refractivity contribution in [3.05, 3.63) is 34.3 Å². The van der Waals surface area contributed by atoms with Gasteiger partial charge < -0.3 is 5.73 Å². The summed E-state index contributed by atoms with van der Waals surface area (Å²) in [6.07, 6.45) is 2.51. The molecule has 1 aliphatic rings. The van der Waals surface area contributed by atoms with Crippen LogP contribution in [0.4, 0.5) is 0 Å². The second-order valence-electron chi connectivity index (χ2n) is 3.73. The van der Waals surface area contributed by atoms with E-state index in [9.17, 15) is 0 Å². The van der Waals surface area contributed by atoms with Crippen LogP contribution in [-0.2, 0) is 0 Å². The zero-order chi connectivity index (χ0) is 9.26. The van der Waals surface area contributed by atoms with E-state index < -0.39 is 0 Å². The Hall–Kier alpha value is -0.340. The fourth-order valence-electron chi connectivity index (χ4n) is 1.90. The van der Waals surface area contributed by atoms with Crippen LogP contribution < -0.4 is 5.73 Å². The van der Waals surface area contributed by atoms with Crippen LogP contribution >= 0.6 is 15.9 Å². The first-order valence-electron chi connectivity index (χ1n) is 4.77. The molecule has 0 saturated heterocycles. The maximum Gasteiger partial charge on any atom is 0.0175 e. The average Bonchev–Trinajstić information content (AvgIpc) is 2.86. The molecule has 0 amide bonds. The highest BCUT2D eigenvalue weighted by atomic mass is 79.9. The Labute approximate surface area is 87.5 Å². The van der Waals surface area contributed by atoms with E-state index in [2.05, 4.69) is 40.2 Å². The normalized spacial score (nSPS) is 26.0. The Kier molecular flexibility index (Phi) is 2.70. The van der Waals surface area contributed by atoms with Crippen molar-refractivity contribution in [3.63, 3.8) is 0 Å². The third kappa shape index (κ3) is 2.12. The van der Waals surface area contributed by atoms with Gasteiger partial charge in [0.25, 0.3) is 0 Å². The zero-order valence-electron chi connectivity index (χ0n) is 7.54. The molecule has 2 heteroatoms. The third-order valence-electron chi connectivity index (χ3n) is 2.76. The Bertz CT molecular complexity index is 281. The number of rotatable bonds is 3. The molecule has 2 unspecified atom stereocenters. The molecule has 0 bridgehead atoms. The smallest absolute Gasteiger partial charge is 0.0175 e. The molecular weight excluding hydrogens is 226 g/mol. The van der Waals surface area contributed by atoms with Crippen LogP contribution in [0.3, 0.4) is 0 Å². The SMILES string of the molecule is NCCC1CC1c1ccc(Br)cc1. The summed E-state index contributed by atoms with van der Waals surface area (Å²) >= 11 is 3.44. The fourth-order valence-corrected chi connectivity index (χ4v) is 2.16. The van der Waals surface area contributed by atoms with Gasteiger partial charge >= 0.3 is 0 Å². The minimum absolute atomic E-state index is 0.789. The largest absolute Gasteiger partial charge is 0.330 e. The third-order valence-corrected chi connectivity index (χ3v) is 3.29. The summed E-state index contributed by atoms with van der Waals surface area (Å²) in [6.45, 7) is 0.831. The molecule has 0 radical (unpaired) electrons. The van der Waals surface area contributed by atoms with Crippen molar-refractivity contribution in [2.24, 2.45) is 11.7 Å². The molecule has 0 aliphatic heterocycles. The molecule has 1 nitrogen and oxygen atoms in total. The fraction of sp³-hybridized carbons (Fsp3) is 0.455. The highest BCUT2D eigenvalue weighted by molar-refractivity contribution is 9.10. The first kappa shape index (κ1) is 9.22. The molecular formula is C11H14BrN. The van der Waals surface area contributed by atoms with Gasteiger partial charge in [0.15, 0.2) is 0 Å². The molecule has 70 valence electrons. The molecule has 0 heterocycles. The summed E-state index contributed by atoms with van der Waals surface area (Å²) in [5, 5.41) is 0. The Balaban J connectivity index is 2.00. The van der Waals surface area contributed by atoms with Crippen LogP contribution in [0, 0.1) is 5.92 Å². The maximum absolute atomic E-state index is 5.53. The average molecular weight is 240 g/mol. The summed E-state index contributed by atoms with van der Waals surface area (Å²) in [5.41, 5.74) is 7.00. The molecule has 2 N–H and O–H groups in total. The molecule has 1 aromatic rings. The summed E-state index contributed by atoms with van der Waals surface area (Å²) in [7, 11) is 0. The van der Waals surface area contributed by atoms with Gasteiger partial charge in [-0.3, -0.25) is 0 Å². The van der Waals surface area contributed by atoms with Crippen LogP contribution in [0.5, 0.6) is 0 Å². The zero-order valence-corrected chi connectivity index (χ0v) is 9.13. The van der Waals surface area contributed by atoms with Crippen molar-refractivity contribution in [1.82, 2.24) is 0 Å². The lowest BCUT2D eigenvalue weighted by molar-refractivity contribution is 0.715. The number of hydrogen-bond acceptors (Lipinski definition) is 1. The predicted molar refractivity (Wildman–Crippen MR) is 58.7 cm³/mol. The maximum atomic E-state index is 5.53. The van der Waals surface area contributed by atoms with E-state index in [4.69, 9.17) is 5.73 Å². The molecule has 2 atom stereocenters. The van der Waals surface area contributed by atoms with Gasteiger partial charge in [-0.05, 0) is 48.9 Å². The van der Waals surface area contributed by atoms with Gasteiger partial charge in [-0.2, -0.15) is 0 Å². The van der Waals surface area contributed by atoms with Crippen LogP contribution in [0.15, 0.2) is 28.7 Å². The lowest BCUT2D eigenvalue weighted by atomic mass is 10.1. The summed E-state index contributed by atoms with van der Waals surface area (Å²) in [6, 6.07) is 8.66. The molecule has 0 aromatic heterocycles. The lowest BCUT2D eigenvalue weighted by Crippen LogP contribution is -1.99. The van der Waals surface area contributed by atoms with Gasteiger partial charge in [0.1, 0.15) is 0 Å². The minimum Gasteiger partial charge on any atom is -0.330 e. The number of hydrogen-bond donors (Lipinski definition) is 1. The summed E-state index contributed by atoms with van der Waals surface area (Å²) in [4.78, 5) is 0. The van der Waals surface area contributed by atoms with Gasteiger partial charge in [0.05, 0.1) is 0 Å². The standard InChI is InChI=1S/C11H14BrN/c12-10-3-1-8(2-4-10)11-7-9(11)5-6-13/h1-4,9,11H,5-7,13H2. The molecule has 1 saturated carbocycles. The first-order valence-corrected chi connectivity index (χ1v) is 5.56. The van der Waals surface area contributed by atoms with Gasteiger partial charge in [-0.1, -0.05) is 28.1 Å². The molecule has 1 aliphatic carbocycles. The van der Waals surface area contributed by atoms with Crippen molar-refractivity contribution >= 4 is 15.9 Å². The molecule has 0 spiro atoms. The lowest BCUT2D eigenvalue weighted by Gasteiger charge is -1.99. The number of nitrogens with two attached hydrogens (primary N) is 1. The number of benzene rings is 1. The predicted octanol–water partition coefficient (Wildman–Crippen LogP) is 2.90. The second kappa shape index (κ2) is 3.81. The first-order chi connectivity index (χ1) is 6.31. The van der Waals surface area contributed by atoms with Crippen LogP contribution in [0.1, 0.15) is 24.3 Å². The van der Waals surface area contributed by atoms with Crippen molar-refractivity contribution in [2.75, 3.05) is 6.54 Å². The van der Waals surface area contributed by atoms with Crippen molar-refractivity contribution in [2.45, 2.75) is 18.8 Å². The Morgan fingerprint density at radius 2 is 2.00 bits per heavy atom. The van der Waals surface area contributed by atoms with E-state index in [1.165, 1.54) is 18.4 Å². The highest BCUT2D eigenvalue weighted by Gasteiger charge is 2.36. The molecule has 1 fully saturated rings. The van der Waals surface area contributed by atoms with E-state index in [-0.39, 0.29) is 0 Å². The van der Waals surface area contributed by atoms with Crippen molar-refractivity contribution < 1.29 is 0 Å². The van der Waals surface area contributed by atoms with E-state index in [0.717, 1.165) is 22.9 Å². The van der Waals surface area contributed by atoms with Gasteiger partial charge in [0, 0.05) is 4.47 Å². The number of halogens is 1. The topological polar surface area (TPSA) is 26.0 Å². The van der Waals surface area contributed by atoms with Crippen molar-refractivity contribution in [3.8, 4) is 0 Å². The van der Waals surface area contributed by atoms with Crippen LogP contribution in [-0.4, -0.2) is 6.54 Å². The Morgan fingerprint density at radius 3 is 2.62 bits per heavy atom. The summed E-state index contributed by atoms with van der Waals surface area (Å²) in [5.74, 6) is 1.64. The van der Waals surface area contributed by atoms with Gasteiger partial charge in [0.2, 0.25) is 0 Å². The van der Waals surface area contributed by atoms with E-state index in [1.54, 1.807) is 0 Å². The molecule has 13 heavy (non-hydrogen) atoms. The monoisotopic (exact) mass is 239 g/mol. The Morgan fingerprint density at radius 1 is 1.31 bits per heavy atom. The van der Waals surface area contributed by atoms with Crippen LogP contribution in [0.2, 0.25) is 0 Å². The van der Waals surface area contributed by atoms with Crippen molar-refractivity contribution in [1.29, 1.82) is 0 Å². The van der Waals surface area contributed by atoms with E-state index >= 15 is 0 Å². The highest BCUT2D eigenvalue weighted by Crippen LogP contribution is 2.49. The second-order valence-corrected chi connectivity index (χ2v) is 4.65. The molecule has 2 rings (SSSR count). The van der Waals surface area contributed by atoms with Gasteiger partial charge in [-0.25, -0.2) is 0 Å². The molecule has 1 aromatic carbocycles. The quantitative estimate of drug-likeness (QED) is 0.863. The summed E-state index contributed by atoms with van der Waals surface area (Å²) < 4.78 is 1.16.